The molecule has 0 fully saturated rings. The minimum Gasteiger partial charge on any atom is -0.459 e. The lowest BCUT2D eigenvalue weighted by Gasteiger charge is -2.16. The van der Waals surface area contributed by atoms with E-state index in [1.165, 1.54) is 29.2 Å². The Morgan fingerprint density at radius 2 is 1.63 bits per heavy atom. The zero-order chi connectivity index (χ0) is 19.6. The summed E-state index contributed by atoms with van der Waals surface area (Å²) in [4.78, 5) is 14.2. The van der Waals surface area contributed by atoms with E-state index in [0.717, 1.165) is 11.8 Å². The van der Waals surface area contributed by atoms with Crippen molar-refractivity contribution in [3.8, 4) is 11.3 Å². The molecule has 27 heavy (non-hydrogen) atoms. The predicted molar refractivity (Wildman–Crippen MR) is 105 cm³/mol. The number of rotatable bonds is 5. The second kappa shape index (κ2) is 7.58. The molecule has 0 saturated heterocycles. The maximum atomic E-state index is 12.5. The van der Waals surface area contributed by atoms with Crippen LogP contribution in [0.2, 0.25) is 5.02 Å². The van der Waals surface area contributed by atoms with E-state index in [9.17, 15) is 13.2 Å². The molecule has 0 bridgehead atoms. The Kier molecular flexibility index (Phi) is 5.39. The number of hydrogen-bond donors (Lipinski definition) is 0. The van der Waals surface area contributed by atoms with Gasteiger partial charge >= 0.3 is 0 Å². The van der Waals surface area contributed by atoms with Gasteiger partial charge in [-0.05, 0) is 60.7 Å². The highest BCUT2D eigenvalue weighted by atomic mass is 35.5. The molecular weight excluding hydrogens is 386 g/mol. The third-order valence-corrected chi connectivity index (χ3v) is 5.44. The average Bonchev–Trinajstić information content (AvgIpc) is 3.09. The van der Waals surface area contributed by atoms with Crippen molar-refractivity contribution in [2.45, 2.75) is 11.4 Å². The van der Waals surface area contributed by atoms with Crippen LogP contribution >= 0.6 is 11.6 Å². The number of furan rings is 1. The Hall–Kier alpha value is -2.57. The first kappa shape index (κ1) is 19.2. The number of halogens is 1. The lowest BCUT2D eigenvalue weighted by Crippen LogP contribution is -2.26. The number of hydrogen-bond acceptors (Lipinski definition) is 4. The van der Waals surface area contributed by atoms with Crippen molar-refractivity contribution in [3.05, 3.63) is 77.0 Å². The first-order chi connectivity index (χ1) is 12.7. The quantitative estimate of drug-likeness (QED) is 0.637. The molecule has 0 aliphatic heterocycles. The fourth-order valence-corrected chi connectivity index (χ4v) is 3.36. The number of sulfone groups is 1. The summed E-state index contributed by atoms with van der Waals surface area (Å²) in [7, 11) is -1.62. The molecule has 140 valence electrons. The van der Waals surface area contributed by atoms with E-state index < -0.39 is 9.84 Å². The van der Waals surface area contributed by atoms with E-state index >= 15 is 0 Å². The van der Waals surface area contributed by atoms with E-state index in [1.807, 2.05) is 24.3 Å². The van der Waals surface area contributed by atoms with E-state index in [4.69, 9.17) is 16.0 Å². The van der Waals surface area contributed by atoms with Crippen molar-refractivity contribution in [1.29, 1.82) is 0 Å². The topological polar surface area (TPSA) is 67.6 Å². The van der Waals surface area contributed by atoms with Gasteiger partial charge in [0.2, 0.25) is 0 Å². The highest BCUT2D eigenvalue weighted by Gasteiger charge is 2.15. The summed E-state index contributed by atoms with van der Waals surface area (Å²) in [5.74, 6) is 1.11. The predicted octanol–water partition coefficient (Wildman–Crippen LogP) is 4.28. The van der Waals surface area contributed by atoms with Gasteiger partial charge in [-0.2, -0.15) is 0 Å². The molecule has 7 heteroatoms. The summed E-state index contributed by atoms with van der Waals surface area (Å²) in [5.41, 5.74) is 1.31. The summed E-state index contributed by atoms with van der Waals surface area (Å²) in [5, 5.41) is 0.651. The van der Waals surface area contributed by atoms with Gasteiger partial charge in [-0.1, -0.05) is 11.6 Å². The molecule has 0 unspecified atom stereocenters. The Bertz CT molecular complexity index is 1050. The molecular formula is C20H18ClNO4S. The van der Waals surface area contributed by atoms with Gasteiger partial charge in [0.05, 0.1) is 11.4 Å². The molecule has 0 spiro atoms. The van der Waals surface area contributed by atoms with Crippen LogP contribution in [0.15, 0.2) is 70.0 Å². The fourth-order valence-electron chi connectivity index (χ4n) is 2.60. The van der Waals surface area contributed by atoms with Crippen LogP contribution in [-0.4, -0.2) is 32.5 Å². The van der Waals surface area contributed by atoms with Crippen molar-refractivity contribution in [1.82, 2.24) is 4.90 Å². The molecule has 0 aliphatic carbocycles. The van der Waals surface area contributed by atoms with Crippen LogP contribution in [-0.2, 0) is 16.4 Å². The monoisotopic (exact) mass is 403 g/mol. The summed E-state index contributed by atoms with van der Waals surface area (Å²) >= 11 is 5.89. The lowest BCUT2D eigenvalue weighted by molar-refractivity contribution is 0.0775. The SMILES string of the molecule is CN(Cc1ccc(-c2ccc(Cl)cc2)o1)C(=O)c1ccc(S(C)(=O)=O)cc1. The Morgan fingerprint density at radius 3 is 2.22 bits per heavy atom. The smallest absolute Gasteiger partial charge is 0.254 e. The average molecular weight is 404 g/mol. The molecule has 2 aromatic carbocycles. The second-order valence-electron chi connectivity index (χ2n) is 6.23. The summed E-state index contributed by atoms with van der Waals surface area (Å²) in [6.07, 6.45) is 1.13. The minimum absolute atomic E-state index is 0.181. The number of nitrogens with zero attached hydrogens (tertiary/aromatic N) is 1. The van der Waals surface area contributed by atoms with Crippen molar-refractivity contribution >= 4 is 27.3 Å². The maximum absolute atomic E-state index is 12.5. The molecule has 0 atom stereocenters. The molecule has 0 radical (unpaired) electrons. The van der Waals surface area contributed by atoms with Crippen molar-refractivity contribution < 1.29 is 17.6 Å². The molecule has 3 aromatic rings. The number of carbonyl (C=O) groups excluding carboxylic acids is 1. The summed E-state index contributed by atoms with van der Waals surface area (Å²) < 4.78 is 28.8. The van der Waals surface area contributed by atoms with Gasteiger partial charge in [-0.15, -0.1) is 0 Å². The molecule has 3 rings (SSSR count). The van der Waals surface area contributed by atoms with E-state index in [-0.39, 0.29) is 10.8 Å². The van der Waals surface area contributed by atoms with Crippen LogP contribution in [0.1, 0.15) is 16.1 Å². The first-order valence-corrected chi connectivity index (χ1v) is 10.4. The van der Waals surface area contributed by atoms with Gasteiger partial charge in [0.25, 0.3) is 5.91 Å². The number of benzene rings is 2. The third kappa shape index (κ3) is 4.59. The largest absolute Gasteiger partial charge is 0.459 e. The standard InChI is InChI=1S/C20H18ClNO4S/c1-22(20(23)15-5-10-18(11-6-15)27(2,24)25)13-17-9-12-19(26-17)14-3-7-16(21)8-4-14/h3-12H,13H2,1-2H3. The van der Waals surface area contributed by atoms with Crippen molar-refractivity contribution in [2.75, 3.05) is 13.3 Å². The van der Waals surface area contributed by atoms with Crippen LogP contribution in [0, 0.1) is 0 Å². The first-order valence-electron chi connectivity index (χ1n) is 8.14. The van der Waals surface area contributed by atoms with Crippen LogP contribution in [0.5, 0.6) is 0 Å². The van der Waals surface area contributed by atoms with Gasteiger partial charge in [0, 0.05) is 29.5 Å². The number of amides is 1. The van der Waals surface area contributed by atoms with Gasteiger partial charge in [-0.3, -0.25) is 4.79 Å². The van der Waals surface area contributed by atoms with Crippen LogP contribution in [0.25, 0.3) is 11.3 Å². The van der Waals surface area contributed by atoms with E-state index in [2.05, 4.69) is 0 Å². The van der Waals surface area contributed by atoms with Gasteiger partial charge in [0.15, 0.2) is 9.84 Å². The molecule has 1 amide bonds. The molecule has 0 aliphatic rings. The molecule has 1 aromatic heterocycles. The highest BCUT2D eigenvalue weighted by Crippen LogP contribution is 2.24. The summed E-state index contributed by atoms with van der Waals surface area (Å²) in [6.45, 7) is 0.292. The Morgan fingerprint density at radius 1 is 1.00 bits per heavy atom. The Balaban J connectivity index is 1.70. The van der Waals surface area contributed by atoms with E-state index in [0.29, 0.717) is 28.7 Å². The lowest BCUT2D eigenvalue weighted by atomic mass is 10.2. The molecule has 5 nitrogen and oxygen atoms in total. The minimum atomic E-state index is -3.29. The van der Waals surface area contributed by atoms with Gasteiger partial charge < -0.3 is 9.32 Å². The zero-order valence-electron chi connectivity index (χ0n) is 14.8. The highest BCUT2D eigenvalue weighted by molar-refractivity contribution is 7.90. The summed E-state index contributed by atoms with van der Waals surface area (Å²) in [6, 6.07) is 16.9. The Labute approximate surface area is 163 Å². The van der Waals surface area contributed by atoms with Gasteiger partial charge in [-0.25, -0.2) is 8.42 Å². The second-order valence-corrected chi connectivity index (χ2v) is 8.68. The van der Waals surface area contributed by atoms with Gasteiger partial charge in [0.1, 0.15) is 11.5 Å². The van der Waals surface area contributed by atoms with Crippen molar-refractivity contribution in [2.24, 2.45) is 0 Å². The third-order valence-electron chi connectivity index (χ3n) is 4.06. The van der Waals surface area contributed by atoms with Crippen LogP contribution in [0.3, 0.4) is 0 Å². The van der Waals surface area contributed by atoms with Crippen LogP contribution < -0.4 is 0 Å². The molecule has 0 saturated carbocycles. The number of carbonyl (C=O) groups is 1. The maximum Gasteiger partial charge on any atom is 0.254 e. The van der Waals surface area contributed by atoms with E-state index in [1.54, 1.807) is 19.2 Å². The molecule has 1 heterocycles. The van der Waals surface area contributed by atoms with Crippen LogP contribution in [0.4, 0.5) is 0 Å². The van der Waals surface area contributed by atoms with Crippen molar-refractivity contribution in [3.63, 3.8) is 0 Å². The fraction of sp³-hybridized carbons (Fsp3) is 0.150. The molecule has 0 N–H and O–H groups in total. The zero-order valence-corrected chi connectivity index (χ0v) is 16.4. The normalized spacial score (nSPS) is 11.4.